The Kier molecular flexibility index (Phi) is 5.81. The van der Waals surface area contributed by atoms with Gasteiger partial charge in [-0.2, -0.15) is 0 Å². The molecule has 0 aliphatic carbocycles. The van der Waals surface area contributed by atoms with Gasteiger partial charge >= 0.3 is 7.12 Å². The predicted molar refractivity (Wildman–Crippen MR) is 152 cm³/mol. The Balaban J connectivity index is 1.52. The van der Waals surface area contributed by atoms with Crippen molar-refractivity contribution in [3.8, 4) is 22.5 Å². The summed E-state index contributed by atoms with van der Waals surface area (Å²) in [5.74, 6) is 0. The lowest BCUT2D eigenvalue weighted by Gasteiger charge is -2.31. The van der Waals surface area contributed by atoms with Crippen molar-refractivity contribution in [3.05, 3.63) is 126 Å². The highest BCUT2D eigenvalue weighted by Gasteiger charge is 2.35. The number of hydrazone groups is 1. The zero-order chi connectivity index (χ0) is 25.4. The average molecular weight is 483 g/mol. The number of allylic oxidation sites excluding steroid dienone is 1. The third kappa shape index (κ3) is 4.29. The summed E-state index contributed by atoms with van der Waals surface area (Å²) in [5, 5.41) is 15.3. The molecule has 0 fully saturated rings. The molecule has 1 radical (unpaired) electrons. The fourth-order valence-corrected chi connectivity index (χ4v) is 5.08. The largest absolute Gasteiger partial charge is 0.397 e. The molecule has 0 saturated heterocycles. The first kappa shape index (κ1) is 22.8. The zero-order valence-electron chi connectivity index (χ0n) is 21.3. The van der Waals surface area contributed by atoms with E-state index in [0.717, 1.165) is 50.9 Å². The van der Waals surface area contributed by atoms with E-state index < -0.39 is 7.12 Å². The van der Waals surface area contributed by atoms with Gasteiger partial charge in [-0.3, -0.25) is 0 Å². The molecule has 2 aromatic heterocycles. The van der Waals surface area contributed by atoms with Crippen LogP contribution in [0, 0.1) is 13.8 Å². The number of nitrogens with zero attached hydrogens (tertiary/aromatic N) is 6. The highest BCUT2D eigenvalue weighted by atomic mass is 15.6. The number of hydrogen-bond donors (Lipinski definition) is 0. The van der Waals surface area contributed by atoms with Gasteiger partial charge in [0, 0.05) is 24.1 Å². The Morgan fingerprint density at radius 2 is 1.03 bits per heavy atom. The summed E-state index contributed by atoms with van der Waals surface area (Å²) in [7, 11) is -1.59. The minimum Gasteiger partial charge on any atom is -0.397 e. The molecule has 0 amide bonds. The van der Waals surface area contributed by atoms with E-state index in [9.17, 15) is 0 Å². The van der Waals surface area contributed by atoms with Gasteiger partial charge in [0.1, 0.15) is 5.10 Å². The topological polar surface area (TPSA) is 53.0 Å². The smallest absolute Gasteiger partial charge is 0.375 e. The molecule has 6 rings (SSSR count). The second-order valence-electron chi connectivity index (χ2n) is 9.53. The Morgan fingerprint density at radius 1 is 0.595 bits per heavy atom. The van der Waals surface area contributed by atoms with Crippen LogP contribution in [0.25, 0.3) is 28.2 Å². The average Bonchev–Trinajstić information content (AvgIpc) is 3.63. The first-order chi connectivity index (χ1) is 18.1. The number of aryl methyl sites for hydroxylation is 2. The molecule has 0 bridgehead atoms. The number of aromatic nitrogens is 4. The maximum Gasteiger partial charge on any atom is 0.375 e. The number of benzene rings is 3. The van der Waals surface area contributed by atoms with Crippen molar-refractivity contribution < 1.29 is 0 Å². The molecular formula is C30H28BN6. The van der Waals surface area contributed by atoms with E-state index in [0.29, 0.717) is 0 Å². The molecule has 3 heterocycles. The van der Waals surface area contributed by atoms with E-state index in [-0.39, 0.29) is 0 Å². The lowest BCUT2D eigenvalue weighted by molar-refractivity contribution is 0.535. The Hall–Kier alpha value is -4.65. The summed E-state index contributed by atoms with van der Waals surface area (Å²) < 4.78 is 4.21. The highest BCUT2D eigenvalue weighted by Crippen LogP contribution is 2.27. The van der Waals surface area contributed by atoms with Crippen LogP contribution in [0.3, 0.4) is 0 Å². The van der Waals surface area contributed by atoms with Gasteiger partial charge in [0.2, 0.25) is 0 Å². The standard InChI is InChI=1S/C30H28BN6/c1-22-19-30(27-17-11-6-12-18-27)37(32-22)31(35-23(2)20-28(33-35)25-13-7-4-8-14-25)36-24(3)21-29(34-36)26-15-9-5-10-16-26/h4-21,31H,1-3H3. The van der Waals surface area contributed by atoms with Crippen molar-refractivity contribution in [3.63, 3.8) is 0 Å². The van der Waals surface area contributed by atoms with Crippen molar-refractivity contribution in [2.24, 2.45) is 0 Å². The van der Waals surface area contributed by atoms with Gasteiger partial charge in [-0.15, -0.1) is 0 Å². The van der Waals surface area contributed by atoms with Crippen LogP contribution in [0.15, 0.2) is 109 Å². The first-order valence-electron chi connectivity index (χ1n) is 12.6. The van der Waals surface area contributed by atoms with Crippen LogP contribution in [0.4, 0.5) is 0 Å². The molecule has 0 saturated carbocycles. The van der Waals surface area contributed by atoms with Crippen LogP contribution in [0.5, 0.6) is 0 Å². The van der Waals surface area contributed by atoms with Gasteiger partial charge < -0.3 is 9.19 Å². The molecule has 0 spiro atoms. The molecule has 0 unspecified atom stereocenters. The quantitative estimate of drug-likeness (QED) is 0.312. The second-order valence-corrected chi connectivity index (χ2v) is 9.53. The van der Waals surface area contributed by atoms with E-state index in [2.05, 4.69) is 94.7 Å². The van der Waals surface area contributed by atoms with Gasteiger partial charge in [0.25, 0.3) is 5.71 Å². The molecule has 37 heavy (non-hydrogen) atoms. The normalized spacial score (nSPS) is 13.2. The highest BCUT2D eigenvalue weighted by molar-refractivity contribution is 6.54. The summed E-state index contributed by atoms with van der Waals surface area (Å²) >= 11 is 0. The molecule has 1 aliphatic rings. The van der Waals surface area contributed by atoms with Gasteiger partial charge in [-0.25, -0.2) is 15.1 Å². The first-order valence-corrected chi connectivity index (χ1v) is 12.6. The lowest BCUT2D eigenvalue weighted by Crippen LogP contribution is -2.52. The fourth-order valence-electron chi connectivity index (χ4n) is 5.08. The molecule has 3 aromatic carbocycles. The Bertz CT molecular complexity index is 1520. The lowest BCUT2D eigenvalue weighted by atomic mass is 9.90. The van der Waals surface area contributed by atoms with Crippen LogP contribution < -0.4 is 5.10 Å². The third-order valence-electron chi connectivity index (χ3n) is 6.88. The van der Waals surface area contributed by atoms with E-state index in [1.807, 2.05) is 49.4 Å². The van der Waals surface area contributed by atoms with Gasteiger partial charge in [0.15, 0.2) is 0 Å². The van der Waals surface area contributed by atoms with Crippen LogP contribution in [-0.4, -0.2) is 37.1 Å². The molecule has 5 aromatic rings. The van der Waals surface area contributed by atoms with Gasteiger partial charge in [-0.05, 0) is 42.9 Å². The minimum absolute atomic E-state index is 0.939. The zero-order valence-corrected chi connectivity index (χ0v) is 21.3. The summed E-state index contributed by atoms with van der Waals surface area (Å²) in [6.45, 7) is 6.25. The summed E-state index contributed by atoms with van der Waals surface area (Å²) in [4.78, 5) is 2.12. The van der Waals surface area contributed by atoms with Gasteiger partial charge in [0.05, 0.1) is 17.1 Å². The predicted octanol–water partition coefficient (Wildman–Crippen LogP) is 5.21. The van der Waals surface area contributed by atoms with Crippen LogP contribution >= 0.6 is 0 Å². The SMILES string of the molecule is CC1=[N+]N([BH-](n2nc(-c3ccccc3)cc2C)n2nc(-c3ccccc3)cc2C)C(c2ccccc2)=C1. The molecule has 181 valence electrons. The molecule has 0 atom stereocenters. The Morgan fingerprint density at radius 3 is 1.49 bits per heavy atom. The van der Waals surface area contributed by atoms with Crippen molar-refractivity contribution in [2.75, 3.05) is 0 Å². The van der Waals surface area contributed by atoms with Gasteiger partial charge in [-0.1, -0.05) is 91.0 Å². The molecule has 7 heteroatoms. The van der Waals surface area contributed by atoms with Crippen LogP contribution in [0.1, 0.15) is 23.9 Å². The van der Waals surface area contributed by atoms with Crippen molar-refractivity contribution in [2.45, 2.75) is 20.8 Å². The summed E-state index contributed by atoms with van der Waals surface area (Å²) in [5.41, 5.74) is 9.28. The summed E-state index contributed by atoms with van der Waals surface area (Å²) in [6, 6.07) is 35.3. The van der Waals surface area contributed by atoms with E-state index in [1.165, 1.54) is 0 Å². The molecule has 0 N–H and O–H groups in total. The Labute approximate surface area is 217 Å². The number of hydrogen-bond acceptors (Lipinski definition) is 4. The van der Waals surface area contributed by atoms with E-state index in [4.69, 9.17) is 15.3 Å². The van der Waals surface area contributed by atoms with Crippen LogP contribution in [-0.2, 0) is 0 Å². The summed E-state index contributed by atoms with van der Waals surface area (Å²) in [6.07, 6.45) is 2.14. The molecule has 6 nitrogen and oxygen atoms in total. The third-order valence-corrected chi connectivity index (χ3v) is 6.88. The maximum atomic E-state index is 5.13. The maximum absolute atomic E-state index is 5.13. The molecule has 1 aliphatic heterocycles. The molecular weight excluding hydrogens is 455 g/mol. The van der Waals surface area contributed by atoms with E-state index >= 15 is 0 Å². The minimum atomic E-state index is -1.59. The number of rotatable bonds is 6. The van der Waals surface area contributed by atoms with Crippen molar-refractivity contribution in [1.82, 2.24) is 29.4 Å². The monoisotopic (exact) mass is 483 g/mol. The van der Waals surface area contributed by atoms with Crippen molar-refractivity contribution in [1.29, 1.82) is 0 Å². The second kappa shape index (κ2) is 9.43. The van der Waals surface area contributed by atoms with Crippen LogP contribution in [0.2, 0.25) is 0 Å². The van der Waals surface area contributed by atoms with Crippen molar-refractivity contribution >= 4 is 18.5 Å². The fraction of sp³-hybridized carbons (Fsp3) is 0.100. The van der Waals surface area contributed by atoms with E-state index in [1.54, 1.807) is 0 Å².